The number of nitrogens with zero attached hydrogens (tertiary/aromatic N) is 3. The van der Waals surface area contributed by atoms with E-state index < -0.39 is 10.2 Å². The molecular formula is C20H32N4O4S. The van der Waals surface area contributed by atoms with E-state index in [1.807, 2.05) is 24.3 Å². The summed E-state index contributed by atoms with van der Waals surface area (Å²) in [5, 5.41) is 2.95. The lowest BCUT2D eigenvalue weighted by Gasteiger charge is -2.32. The first-order chi connectivity index (χ1) is 13.8. The Morgan fingerprint density at radius 1 is 1.03 bits per heavy atom. The summed E-state index contributed by atoms with van der Waals surface area (Å²) < 4.78 is 33.0. The van der Waals surface area contributed by atoms with Gasteiger partial charge in [-0.2, -0.15) is 17.0 Å². The summed E-state index contributed by atoms with van der Waals surface area (Å²) in [7, 11) is 1.76. The molecule has 1 amide bonds. The Morgan fingerprint density at radius 2 is 1.62 bits per heavy atom. The highest BCUT2D eigenvalue weighted by molar-refractivity contribution is 7.86. The van der Waals surface area contributed by atoms with Gasteiger partial charge >= 0.3 is 0 Å². The van der Waals surface area contributed by atoms with Crippen LogP contribution in [-0.2, 0) is 15.0 Å². The fourth-order valence-electron chi connectivity index (χ4n) is 3.74. The predicted octanol–water partition coefficient (Wildman–Crippen LogP) is 1.62. The lowest BCUT2D eigenvalue weighted by atomic mass is 9.97. The molecule has 1 aromatic carbocycles. The van der Waals surface area contributed by atoms with Crippen molar-refractivity contribution >= 4 is 21.8 Å². The highest BCUT2D eigenvalue weighted by Gasteiger charge is 2.32. The topological polar surface area (TPSA) is 82.2 Å². The summed E-state index contributed by atoms with van der Waals surface area (Å²) in [6.45, 7) is 2.82. The van der Waals surface area contributed by atoms with Crippen LogP contribution in [0, 0.1) is 5.92 Å². The van der Waals surface area contributed by atoms with Crippen molar-refractivity contribution in [1.29, 1.82) is 0 Å². The quantitative estimate of drug-likeness (QED) is 0.750. The van der Waals surface area contributed by atoms with Crippen LogP contribution in [0.3, 0.4) is 0 Å². The molecule has 0 spiro atoms. The Bertz CT molecular complexity index is 781. The average Bonchev–Trinajstić information content (AvgIpc) is 2.71. The number of likely N-dealkylation sites (tertiary alicyclic amines) is 1. The van der Waals surface area contributed by atoms with Gasteiger partial charge in [-0.15, -0.1) is 0 Å². The highest BCUT2D eigenvalue weighted by Crippen LogP contribution is 2.24. The molecule has 1 N–H and O–H groups in total. The van der Waals surface area contributed by atoms with Gasteiger partial charge in [0.05, 0.1) is 0 Å². The maximum absolute atomic E-state index is 12.6. The lowest BCUT2D eigenvalue weighted by molar-refractivity contribution is -0.120. The van der Waals surface area contributed by atoms with Crippen LogP contribution < -0.4 is 10.1 Å². The summed E-state index contributed by atoms with van der Waals surface area (Å²) in [6.07, 6.45) is 3.34. The number of carbonyl (C=O) groups is 1. The van der Waals surface area contributed by atoms with E-state index in [-0.39, 0.29) is 17.9 Å². The maximum Gasteiger partial charge on any atom is 0.281 e. The fourth-order valence-corrected chi connectivity index (χ4v) is 4.87. The number of hydrogen-bond acceptors (Lipinski definition) is 5. The van der Waals surface area contributed by atoms with Gasteiger partial charge in [0, 0.05) is 51.9 Å². The zero-order valence-corrected chi connectivity index (χ0v) is 18.3. The van der Waals surface area contributed by atoms with E-state index in [2.05, 4.69) is 17.3 Å². The second kappa shape index (κ2) is 9.42. The molecule has 2 fully saturated rings. The first kappa shape index (κ1) is 22.0. The molecule has 2 aliphatic rings. The standard InChI is InChI=1S/C20H32N4O4S/c1-22(2)29(26,27)24-14-8-16(9-15-24)20(25)21-17-4-6-18(7-5-17)28-19-10-12-23(3)13-11-19/h4-7,16,19H,8-15H2,1-3H3,(H,21,25). The van der Waals surface area contributed by atoms with Gasteiger partial charge in [-0.3, -0.25) is 4.79 Å². The molecule has 0 aliphatic carbocycles. The molecule has 29 heavy (non-hydrogen) atoms. The molecule has 0 radical (unpaired) electrons. The minimum atomic E-state index is -3.41. The van der Waals surface area contributed by atoms with Gasteiger partial charge in [-0.05, 0) is 57.0 Å². The molecule has 0 aromatic heterocycles. The molecule has 9 heteroatoms. The molecule has 0 unspecified atom stereocenters. The molecule has 0 saturated carbocycles. The van der Waals surface area contributed by atoms with Crippen molar-refractivity contribution in [1.82, 2.24) is 13.5 Å². The largest absolute Gasteiger partial charge is 0.490 e. The Labute approximate surface area is 174 Å². The minimum Gasteiger partial charge on any atom is -0.490 e. The van der Waals surface area contributed by atoms with Gasteiger partial charge < -0.3 is 15.0 Å². The van der Waals surface area contributed by atoms with E-state index in [0.29, 0.717) is 25.9 Å². The Hall–Kier alpha value is -1.68. The smallest absolute Gasteiger partial charge is 0.281 e. The molecule has 1 aromatic rings. The number of ether oxygens (including phenoxy) is 1. The lowest BCUT2D eigenvalue weighted by Crippen LogP contribution is -2.46. The minimum absolute atomic E-state index is 0.0594. The number of carbonyl (C=O) groups excluding carboxylic acids is 1. The maximum atomic E-state index is 12.6. The molecule has 2 aliphatic heterocycles. The van der Waals surface area contributed by atoms with E-state index in [4.69, 9.17) is 4.74 Å². The number of amides is 1. The molecule has 2 heterocycles. The first-order valence-corrected chi connectivity index (χ1v) is 11.6. The fraction of sp³-hybridized carbons (Fsp3) is 0.650. The monoisotopic (exact) mass is 424 g/mol. The number of piperidine rings is 2. The summed E-state index contributed by atoms with van der Waals surface area (Å²) in [5.74, 6) is 0.578. The number of benzene rings is 1. The van der Waals surface area contributed by atoms with Gasteiger partial charge in [0.15, 0.2) is 0 Å². The Balaban J connectivity index is 1.47. The second-order valence-electron chi connectivity index (χ2n) is 8.10. The van der Waals surface area contributed by atoms with Crippen LogP contribution in [0.1, 0.15) is 25.7 Å². The highest BCUT2D eigenvalue weighted by atomic mass is 32.2. The van der Waals surface area contributed by atoms with Crippen molar-refractivity contribution < 1.29 is 17.9 Å². The zero-order chi connectivity index (χ0) is 21.0. The van der Waals surface area contributed by atoms with E-state index in [1.54, 1.807) is 0 Å². The van der Waals surface area contributed by atoms with Crippen LogP contribution in [-0.4, -0.2) is 81.3 Å². The number of nitrogens with one attached hydrogen (secondary N) is 1. The van der Waals surface area contributed by atoms with Gasteiger partial charge in [0.25, 0.3) is 10.2 Å². The van der Waals surface area contributed by atoms with Crippen molar-refractivity contribution in [3.8, 4) is 5.75 Å². The molecule has 3 rings (SSSR count). The average molecular weight is 425 g/mol. The van der Waals surface area contributed by atoms with E-state index >= 15 is 0 Å². The van der Waals surface area contributed by atoms with Crippen LogP contribution in [0.25, 0.3) is 0 Å². The summed E-state index contributed by atoms with van der Waals surface area (Å²) >= 11 is 0. The molecule has 2 saturated heterocycles. The van der Waals surface area contributed by atoms with Crippen LogP contribution in [0.5, 0.6) is 5.75 Å². The first-order valence-electron chi connectivity index (χ1n) is 10.2. The molecule has 0 atom stereocenters. The number of rotatable bonds is 6. The van der Waals surface area contributed by atoms with Gasteiger partial charge in [-0.1, -0.05) is 0 Å². The SMILES string of the molecule is CN1CCC(Oc2ccc(NC(=O)C3CCN(S(=O)(=O)N(C)C)CC3)cc2)CC1. The summed E-state index contributed by atoms with van der Waals surface area (Å²) in [5.41, 5.74) is 0.731. The van der Waals surface area contributed by atoms with Crippen molar-refractivity contribution in [2.75, 3.05) is 52.6 Å². The van der Waals surface area contributed by atoms with E-state index in [9.17, 15) is 13.2 Å². The van der Waals surface area contributed by atoms with Crippen LogP contribution in [0.15, 0.2) is 24.3 Å². The molecule has 162 valence electrons. The molecular weight excluding hydrogens is 392 g/mol. The number of hydrogen-bond donors (Lipinski definition) is 1. The van der Waals surface area contributed by atoms with Gasteiger partial charge in [0.1, 0.15) is 11.9 Å². The van der Waals surface area contributed by atoms with E-state index in [0.717, 1.165) is 37.4 Å². The Morgan fingerprint density at radius 3 is 2.17 bits per heavy atom. The van der Waals surface area contributed by atoms with Crippen LogP contribution in [0.2, 0.25) is 0 Å². The third kappa shape index (κ3) is 5.69. The van der Waals surface area contributed by atoms with Crippen molar-refractivity contribution in [3.05, 3.63) is 24.3 Å². The normalized spacial score (nSPS) is 20.7. The summed E-state index contributed by atoms with van der Waals surface area (Å²) in [6, 6.07) is 7.49. The molecule has 0 bridgehead atoms. The third-order valence-electron chi connectivity index (χ3n) is 5.70. The third-order valence-corrected chi connectivity index (χ3v) is 7.64. The van der Waals surface area contributed by atoms with Gasteiger partial charge in [0.2, 0.25) is 5.91 Å². The van der Waals surface area contributed by atoms with Crippen molar-refractivity contribution in [3.63, 3.8) is 0 Å². The second-order valence-corrected chi connectivity index (χ2v) is 10.2. The van der Waals surface area contributed by atoms with Gasteiger partial charge in [-0.25, -0.2) is 0 Å². The molecule has 8 nitrogen and oxygen atoms in total. The predicted molar refractivity (Wildman–Crippen MR) is 113 cm³/mol. The Kier molecular flexibility index (Phi) is 7.15. The van der Waals surface area contributed by atoms with Crippen molar-refractivity contribution in [2.24, 2.45) is 5.92 Å². The zero-order valence-electron chi connectivity index (χ0n) is 17.5. The van der Waals surface area contributed by atoms with Crippen molar-refractivity contribution in [2.45, 2.75) is 31.8 Å². The summed E-state index contributed by atoms with van der Waals surface area (Å²) in [4.78, 5) is 14.9. The number of anilines is 1. The van der Waals surface area contributed by atoms with Crippen LogP contribution >= 0.6 is 0 Å². The van der Waals surface area contributed by atoms with Crippen LogP contribution in [0.4, 0.5) is 5.69 Å². The van der Waals surface area contributed by atoms with E-state index in [1.165, 1.54) is 22.7 Å².